The minimum Gasteiger partial charge on any atom is -0.493 e. The number of benzene rings is 3. The second-order valence-electron chi connectivity index (χ2n) is 9.86. The number of aryl methyl sites for hydroxylation is 1. The summed E-state index contributed by atoms with van der Waals surface area (Å²) in [6.45, 7) is 7.65. The Bertz CT molecular complexity index is 1530. The van der Waals surface area contributed by atoms with Crippen LogP contribution in [0.15, 0.2) is 42.6 Å². The molecule has 4 aromatic rings. The molecule has 36 heavy (non-hydrogen) atoms. The summed E-state index contributed by atoms with van der Waals surface area (Å²) in [5.74, 6) is -0.875. The van der Waals surface area contributed by atoms with Gasteiger partial charge in [-0.25, -0.2) is 4.39 Å². The number of aromatic nitrogens is 1. The maximum absolute atomic E-state index is 14.6. The summed E-state index contributed by atoms with van der Waals surface area (Å²) < 4.78 is 20.5. The molecule has 184 valence electrons. The van der Waals surface area contributed by atoms with Crippen LogP contribution in [0, 0.1) is 24.1 Å². The minimum absolute atomic E-state index is 0.0488. The van der Waals surface area contributed by atoms with Gasteiger partial charge in [-0.1, -0.05) is 6.07 Å². The van der Waals surface area contributed by atoms with E-state index in [2.05, 4.69) is 4.98 Å². The number of hydrogen-bond acceptors (Lipinski definition) is 5. The van der Waals surface area contributed by atoms with E-state index >= 15 is 0 Å². The predicted molar refractivity (Wildman–Crippen MR) is 137 cm³/mol. The molecule has 0 fully saturated rings. The Hall–Kier alpha value is -4.02. The highest BCUT2D eigenvalue weighted by Crippen LogP contribution is 2.42. The van der Waals surface area contributed by atoms with Crippen LogP contribution in [0.5, 0.6) is 5.75 Å². The van der Waals surface area contributed by atoms with E-state index in [1.165, 1.54) is 12.1 Å². The summed E-state index contributed by atoms with van der Waals surface area (Å²) in [6.07, 6.45) is 2.28. The molecular formula is C29H27FN2O4. The van der Waals surface area contributed by atoms with Crippen LogP contribution in [0.2, 0.25) is 0 Å². The molecule has 0 saturated carbocycles. The molecule has 6 nitrogen and oxygen atoms in total. The SMILES string of the molecule is CC(C)(C)O.Cc1cc2cc(C#N)c(F)cc2c(-c2ccc3c4c(ccnc24)CCO3)c1CC(=O)O. The number of pyridine rings is 1. The maximum Gasteiger partial charge on any atom is 0.307 e. The third kappa shape index (κ3) is 5.00. The number of rotatable bonds is 3. The van der Waals surface area contributed by atoms with Gasteiger partial charge in [-0.3, -0.25) is 9.78 Å². The Kier molecular flexibility index (Phi) is 6.66. The molecule has 1 aliphatic rings. The molecule has 2 N–H and O–H groups in total. The molecule has 0 bridgehead atoms. The molecule has 3 aromatic carbocycles. The van der Waals surface area contributed by atoms with Crippen molar-refractivity contribution < 1.29 is 24.1 Å². The van der Waals surface area contributed by atoms with Crippen LogP contribution < -0.4 is 4.74 Å². The number of carbonyl (C=O) groups is 1. The summed E-state index contributed by atoms with van der Waals surface area (Å²) >= 11 is 0. The lowest BCUT2D eigenvalue weighted by molar-refractivity contribution is -0.136. The summed E-state index contributed by atoms with van der Waals surface area (Å²) in [7, 11) is 0. The Balaban J connectivity index is 0.000000556. The standard InChI is InChI=1S/C25H17FN2O3.C4H10O/c1-13-8-15-9-16(12-27)20(26)10-19(15)24(18(13)11-22(29)30)17-2-3-21-23-14(5-7-31-21)4-6-28-25(17)23;1-4(2,3)5/h2-4,6,8-10H,5,7,11H2,1H3,(H,29,30);5H,1-3H3. The summed E-state index contributed by atoms with van der Waals surface area (Å²) in [6, 6.07) is 12.2. The fraction of sp³-hybridized carbons (Fsp3) is 0.276. The molecule has 0 spiro atoms. The molecule has 5 rings (SSSR count). The fourth-order valence-electron chi connectivity index (χ4n) is 4.48. The van der Waals surface area contributed by atoms with Crippen molar-refractivity contribution in [3.05, 3.63) is 70.7 Å². The van der Waals surface area contributed by atoms with Gasteiger partial charge in [0.2, 0.25) is 0 Å². The first-order valence-corrected chi connectivity index (χ1v) is 11.6. The van der Waals surface area contributed by atoms with E-state index in [0.717, 1.165) is 34.2 Å². The van der Waals surface area contributed by atoms with Gasteiger partial charge in [0.1, 0.15) is 17.6 Å². The average molecular weight is 487 g/mol. The monoisotopic (exact) mass is 486 g/mol. The van der Waals surface area contributed by atoms with Crippen LogP contribution in [-0.2, 0) is 17.6 Å². The molecule has 0 unspecified atom stereocenters. The van der Waals surface area contributed by atoms with Crippen LogP contribution in [0.3, 0.4) is 0 Å². The molecule has 0 atom stereocenters. The second-order valence-corrected chi connectivity index (χ2v) is 9.86. The van der Waals surface area contributed by atoms with E-state index < -0.39 is 17.4 Å². The predicted octanol–water partition coefficient (Wildman–Crippen LogP) is 5.71. The van der Waals surface area contributed by atoms with E-state index in [4.69, 9.17) is 9.84 Å². The summed E-state index contributed by atoms with van der Waals surface area (Å²) in [5.41, 5.74) is 3.97. The average Bonchev–Trinajstić information content (AvgIpc) is 2.79. The van der Waals surface area contributed by atoms with Gasteiger partial charge in [-0.2, -0.15) is 5.26 Å². The van der Waals surface area contributed by atoms with Crippen molar-refractivity contribution in [3.63, 3.8) is 0 Å². The number of nitrogens with zero attached hydrogens (tertiary/aromatic N) is 2. The minimum atomic E-state index is -0.975. The Labute approximate surface area is 208 Å². The van der Waals surface area contributed by atoms with Crippen LogP contribution >= 0.6 is 0 Å². The van der Waals surface area contributed by atoms with Crippen molar-refractivity contribution in [2.45, 2.75) is 46.1 Å². The zero-order chi connectivity index (χ0) is 26.2. The topological polar surface area (TPSA) is 103 Å². The molecule has 2 heterocycles. The highest BCUT2D eigenvalue weighted by molar-refractivity contribution is 6.08. The molecule has 0 amide bonds. The van der Waals surface area contributed by atoms with E-state index in [1.807, 2.05) is 31.2 Å². The highest BCUT2D eigenvalue weighted by atomic mass is 19.1. The van der Waals surface area contributed by atoms with Gasteiger partial charge in [0.05, 0.1) is 29.7 Å². The van der Waals surface area contributed by atoms with Crippen molar-refractivity contribution >= 4 is 27.6 Å². The number of aliphatic hydroxyl groups is 1. The van der Waals surface area contributed by atoms with Crippen LogP contribution in [0.1, 0.15) is 43.0 Å². The zero-order valence-electron chi connectivity index (χ0n) is 20.6. The van der Waals surface area contributed by atoms with Crippen LogP contribution in [0.4, 0.5) is 4.39 Å². The van der Waals surface area contributed by atoms with Crippen LogP contribution in [-0.4, -0.2) is 33.4 Å². The van der Waals surface area contributed by atoms with E-state index in [1.54, 1.807) is 33.0 Å². The third-order valence-corrected chi connectivity index (χ3v) is 5.85. The highest BCUT2D eigenvalue weighted by Gasteiger charge is 2.23. The number of fused-ring (bicyclic) bond motifs is 1. The van der Waals surface area contributed by atoms with E-state index in [0.29, 0.717) is 34.0 Å². The van der Waals surface area contributed by atoms with Gasteiger partial charge in [-0.05, 0) is 91.1 Å². The number of nitriles is 1. The number of carboxylic acid groups (broad SMARTS) is 1. The van der Waals surface area contributed by atoms with Gasteiger partial charge in [0, 0.05) is 23.6 Å². The Morgan fingerprint density at radius 2 is 1.94 bits per heavy atom. The van der Waals surface area contributed by atoms with Crippen molar-refractivity contribution in [2.75, 3.05) is 6.61 Å². The Morgan fingerprint density at radius 3 is 2.61 bits per heavy atom. The number of halogens is 1. The molecule has 1 aliphatic heterocycles. The van der Waals surface area contributed by atoms with Crippen molar-refractivity contribution in [1.29, 1.82) is 5.26 Å². The van der Waals surface area contributed by atoms with E-state index in [9.17, 15) is 19.6 Å². The van der Waals surface area contributed by atoms with Gasteiger partial charge in [0.15, 0.2) is 0 Å². The Morgan fingerprint density at radius 1 is 1.22 bits per heavy atom. The normalized spacial score (nSPS) is 12.5. The first-order valence-electron chi connectivity index (χ1n) is 11.6. The van der Waals surface area contributed by atoms with Gasteiger partial charge in [-0.15, -0.1) is 0 Å². The van der Waals surface area contributed by atoms with Gasteiger partial charge >= 0.3 is 5.97 Å². The summed E-state index contributed by atoms with van der Waals surface area (Å²) in [4.78, 5) is 16.3. The quantitative estimate of drug-likeness (QED) is 0.384. The van der Waals surface area contributed by atoms with E-state index in [-0.39, 0.29) is 12.0 Å². The van der Waals surface area contributed by atoms with Crippen molar-refractivity contribution in [3.8, 4) is 22.9 Å². The first kappa shape index (κ1) is 25.1. The largest absolute Gasteiger partial charge is 0.493 e. The lowest BCUT2D eigenvalue weighted by Crippen LogP contribution is -2.10. The molecular weight excluding hydrogens is 459 g/mol. The molecule has 1 aromatic heterocycles. The number of aliphatic carboxylic acids is 1. The smallest absolute Gasteiger partial charge is 0.307 e. The second kappa shape index (κ2) is 9.56. The van der Waals surface area contributed by atoms with Crippen molar-refractivity contribution in [2.24, 2.45) is 0 Å². The van der Waals surface area contributed by atoms with Crippen molar-refractivity contribution in [1.82, 2.24) is 4.98 Å². The summed E-state index contributed by atoms with van der Waals surface area (Å²) in [5, 5.41) is 29.5. The third-order valence-electron chi connectivity index (χ3n) is 5.85. The van der Waals surface area contributed by atoms with Crippen LogP contribution in [0.25, 0.3) is 32.8 Å². The molecule has 0 radical (unpaired) electrons. The number of carboxylic acids is 1. The molecule has 0 aliphatic carbocycles. The molecule has 7 heteroatoms. The first-order chi connectivity index (χ1) is 17.0. The van der Waals surface area contributed by atoms with Gasteiger partial charge < -0.3 is 14.9 Å². The fourth-order valence-corrected chi connectivity index (χ4v) is 4.48. The maximum atomic E-state index is 14.6. The number of hydrogen-bond donors (Lipinski definition) is 2. The molecule has 0 saturated heterocycles. The lowest BCUT2D eigenvalue weighted by Gasteiger charge is -2.21. The van der Waals surface area contributed by atoms with Gasteiger partial charge in [0.25, 0.3) is 0 Å². The lowest BCUT2D eigenvalue weighted by atomic mass is 9.86. The number of ether oxygens (including phenoxy) is 1. The zero-order valence-corrected chi connectivity index (χ0v) is 20.6.